The van der Waals surface area contributed by atoms with Gasteiger partial charge in [0.05, 0.1) is 5.41 Å². The summed E-state index contributed by atoms with van der Waals surface area (Å²) in [5.41, 5.74) is 0.484. The predicted molar refractivity (Wildman–Crippen MR) is 63.4 cm³/mol. The molecule has 1 aromatic heterocycles. The molecule has 1 aromatic carbocycles. The van der Waals surface area contributed by atoms with Gasteiger partial charge in [0.1, 0.15) is 5.75 Å². The van der Waals surface area contributed by atoms with Crippen LogP contribution >= 0.6 is 0 Å². The summed E-state index contributed by atoms with van der Waals surface area (Å²) in [7, 11) is 0. The van der Waals surface area contributed by atoms with E-state index in [9.17, 15) is 4.79 Å². The number of nitrogens with one attached hydrogen (secondary N) is 1. The predicted octanol–water partition coefficient (Wildman–Crippen LogP) is 3.12. The Hall–Kier alpha value is -1.77. The highest BCUT2D eigenvalue weighted by molar-refractivity contribution is 5.89. The molecular formula is C13H15NO2. The van der Waals surface area contributed by atoms with Crippen LogP contribution in [0.4, 0.5) is 0 Å². The van der Waals surface area contributed by atoms with E-state index in [1.165, 1.54) is 0 Å². The van der Waals surface area contributed by atoms with E-state index in [2.05, 4.69) is 4.98 Å². The van der Waals surface area contributed by atoms with Gasteiger partial charge >= 0.3 is 5.97 Å². The second kappa shape index (κ2) is 3.67. The average Bonchev–Trinajstić information content (AvgIpc) is 2.65. The number of ether oxygens (including phenoxy) is 1. The van der Waals surface area contributed by atoms with Crippen molar-refractivity contribution in [1.82, 2.24) is 4.98 Å². The second-order valence-electron chi connectivity index (χ2n) is 4.83. The lowest BCUT2D eigenvalue weighted by Crippen LogP contribution is -2.25. The molecule has 0 unspecified atom stereocenters. The summed E-state index contributed by atoms with van der Waals surface area (Å²) >= 11 is 0. The standard InChI is InChI=1S/C13H15NO2/c1-13(2,3)12(15)16-11-6-4-5-10-9(11)7-8-14-10/h4-8,14H,1-3H3. The number of carbonyl (C=O) groups is 1. The van der Waals surface area contributed by atoms with Crippen molar-refractivity contribution in [1.29, 1.82) is 0 Å². The van der Waals surface area contributed by atoms with Crippen LogP contribution in [0, 0.1) is 5.41 Å². The van der Waals surface area contributed by atoms with Crippen molar-refractivity contribution in [2.75, 3.05) is 0 Å². The van der Waals surface area contributed by atoms with Gasteiger partial charge in [0.15, 0.2) is 0 Å². The Labute approximate surface area is 94.4 Å². The Bertz CT molecular complexity index is 520. The topological polar surface area (TPSA) is 42.1 Å². The Kier molecular flexibility index (Phi) is 2.46. The van der Waals surface area contributed by atoms with Crippen LogP contribution in [0.3, 0.4) is 0 Å². The summed E-state index contributed by atoms with van der Waals surface area (Å²) in [5, 5.41) is 0.931. The highest BCUT2D eigenvalue weighted by Gasteiger charge is 2.24. The lowest BCUT2D eigenvalue weighted by Gasteiger charge is -2.16. The molecule has 0 aliphatic carbocycles. The summed E-state index contributed by atoms with van der Waals surface area (Å²) in [6.07, 6.45) is 1.83. The first-order valence-electron chi connectivity index (χ1n) is 5.27. The van der Waals surface area contributed by atoms with E-state index in [0.29, 0.717) is 5.75 Å². The van der Waals surface area contributed by atoms with E-state index >= 15 is 0 Å². The first-order chi connectivity index (χ1) is 7.48. The van der Waals surface area contributed by atoms with Gasteiger partial charge in [0, 0.05) is 17.1 Å². The first kappa shape index (κ1) is 10.7. The molecule has 2 rings (SSSR count). The van der Waals surface area contributed by atoms with Gasteiger partial charge in [-0.1, -0.05) is 6.07 Å². The lowest BCUT2D eigenvalue weighted by molar-refractivity contribution is -0.142. The number of H-pyrrole nitrogens is 1. The number of rotatable bonds is 1. The van der Waals surface area contributed by atoms with Gasteiger partial charge < -0.3 is 9.72 Å². The fourth-order valence-corrected chi connectivity index (χ4v) is 1.40. The molecule has 0 aliphatic heterocycles. The third-order valence-electron chi connectivity index (χ3n) is 2.37. The van der Waals surface area contributed by atoms with Crippen molar-refractivity contribution < 1.29 is 9.53 Å². The van der Waals surface area contributed by atoms with Crippen molar-refractivity contribution in [3.63, 3.8) is 0 Å². The van der Waals surface area contributed by atoms with Gasteiger partial charge in [-0.05, 0) is 39.0 Å². The fraction of sp³-hybridized carbons (Fsp3) is 0.308. The van der Waals surface area contributed by atoms with Crippen molar-refractivity contribution in [3.8, 4) is 5.75 Å². The zero-order chi connectivity index (χ0) is 11.8. The quantitative estimate of drug-likeness (QED) is 0.589. The molecule has 0 radical (unpaired) electrons. The van der Waals surface area contributed by atoms with Gasteiger partial charge in [-0.3, -0.25) is 4.79 Å². The van der Waals surface area contributed by atoms with E-state index in [1.54, 1.807) is 6.07 Å². The van der Waals surface area contributed by atoms with Crippen LogP contribution in [0.2, 0.25) is 0 Å². The molecule has 84 valence electrons. The summed E-state index contributed by atoms with van der Waals surface area (Å²) in [6, 6.07) is 7.52. The van der Waals surface area contributed by atoms with Gasteiger partial charge in [0.2, 0.25) is 0 Å². The maximum Gasteiger partial charge on any atom is 0.316 e. The molecule has 1 heterocycles. The van der Waals surface area contributed by atoms with E-state index in [4.69, 9.17) is 4.74 Å². The Balaban J connectivity index is 2.35. The molecule has 1 N–H and O–H groups in total. The average molecular weight is 217 g/mol. The summed E-state index contributed by atoms with van der Waals surface area (Å²) in [6.45, 7) is 5.52. The smallest absolute Gasteiger partial charge is 0.316 e. The van der Waals surface area contributed by atoms with Crippen LogP contribution in [0.5, 0.6) is 5.75 Å². The monoisotopic (exact) mass is 217 g/mol. The molecule has 0 saturated heterocycles. The molecule has 2 aromatic rings. The molecule has 0 bridgehead atoms. The summed E-state index contributed by atoms with van der Waals surface area (Å²) in [5.74, 6) is 0.389. The molecule has 0 aliphatic rings. The second-order valence-corrected chi connectivity index (χ2v) is 4.83. The highest BCUT2D eigenvalue weighted by atomic mass is 16.5. The highest BCUT2D eigenvalue weighted by Crippen LogP contribution is 2.27. The normalized spacial score (nSPS) is 11.7. The van der Waals surface area contributed by atoms with Gasteiger partial charge in [-0.15, -0.1) is 0 Å². The zero-order valence-corrected chi connectivity index (χ0v) is 9.70. The van der Waals surface area contributed by atoms with Gasteiger partial charge in [-0.2, -0.15) is 0 Å². The molecule has 0 spiro atoms. The summed E-state index contributed by atoms with van der Waals surface area (Å²) < 4.78 is 5.39. The number of aromatic amines is 1. The maximum absolute atomic E-state index is 11.8. The van der Waals surface area contributed by atoms with Crippen LogP contribution in [-0.2, 0) is 4.79 Å². The van der Waals surface area contributed by atoms with E-state index < -0.39 is 5.41 Å². The van der Waals surface area contributed by atoms with Crippen LogP contribution in [-0.4, -0.2) is 11.0 Å². The van der Waals surface area contributed by atoms with Crippen molar-refractivity contribution in [2.24, 2.45) is 5.41 Å². The Morgan fingerprint density at radius 1 is 1.25 bits per heavy atom. The molecule has 3 nitrogen and oxygen atoms in total. The minimum atomic E-state index is -0.488. The van der Waals surface area contributed by atoms with Crippen LogP contribution in [0.15, 0.2) is 30.5 Å². The lowest BCUT2D eigenvalue weighted by atomic mass is 9.97. The Morgan fingerprint density at radius 2 is 2.00 bits per heavy atom. The summed E-state index contributed by atoms with van der Waals surface area (Å²) in [4.78, 5) is 14.8. The van der Waals surface area contributed by atoms with E-state index in [-0.39, 0.29) is 5.97 Å². The number of benzene rings is 1. The van der Waals surface area contributed by atoms with Crippen molar-refractivity contribution >= 4 is 16.9 Å². The van der Waals surface area contributed by atoms with Crippen LogP contribution in [0.1, 0.15) is 20.8 Å². The fourth-order valence-electron chi connectivity index (χ4n) is 1.40. The third-order valence-corrected chi connectivity index (χ3v) is 2.37. The number of carbonyl (C=O) groups excluding carboxylic acids is 1. The van der Waals surface area contributed by atoms with Crippen molar-refractivity contribution in [3.05, 3.63) is 30.5 Å². The molecule has 0 saturated carbocycles. The Morgan fingerprint density at radius 3 is 2.69 bits per heavy atom. The molecule has 0 atom stereocenters. The molecule has 0 fully saturated rings. The zero-order valence-electron chi connectivity index (χ0n) is 9.70. The molecule has 3 heteroatoms. The first-order valence-corrected chi connectivity index (χ1v) is 5.27. The number of hydrogen-bond donors (Lipinski definition) is 1. The van der Waals surface area contributed by atoms with Crippen molar-refractivity contribution in [2.45, 2.75) is 20.8 Å². The maximum atomic E-state index is 11.8. The number of aromatic nitrogens is 1. The molecular weight excluding hydrogens is 202 g/mol. The SMILES string of the molecule is CC(C)(C)C(=O)Oc1cccc2[nH]ccc12. The third kappa shape index (κ3) is 1.94. The minimum absolute atomic E-state index is 0.221. The van der Waals surface area contributed by atoms with Crippen LogP contribution in [0.25, 0.3) is 10.9 Å². The van der Waals surface area contributed by atoms with Crippen LogP contribution < -0.4 is 4.74 Å². The number of hydrogen-bond acceptors (Lipinski definition) is 2. The van der Waals surface area contributed by atoms with E-state index in [0.717, 1.165) is 10.9 Å². The number of fused-ring (bicyclic) bond motifs is 1. The molecule has 0 amide bonds. The largest absolute Gasteiger partial charge is 0.425 e. The number of esters is 1. The van der Waals surface area contributed by atoms with Gasteiger partial charge in [-0.25, -0.2) is 0 Å². The van der Waals surface area contributed by atoms with Gasteiger partial charge in [0.25, 0.3) is 0 Å². The molecule has 16 heavy (non-hydrogen) atoms. The minimum Gasteiger partial charge on any atom is -0.425 e. The van der Waals surface area contributed by atoms with E-state index in [1.807, 2.05) is 45.2 Å².